The van der Waals surface area contributed by atoms with E-state index in [4.69, 9.17) is 4.74 Å². The number of methoxy groups -OCH3 is 1. The van der Waals surface area contributed by atoms with Crippen LogP contribution in [0.5, 0.6) is 5.75 Å². The lowest BCUT2D eigenvalue weighted by molar-refractivity contribution is -0.910. The average Bonchev–Trinajstić information content (AvgIpc) is 2.70. The van der Waals surface area contributed by atoms with E-state index >= 15 is 0 Å². The summed E-state index contributed by atoms with van der Waals surface area (Å²) in [6.45, 7) is 9.00. The highest BCUT2D eigenvalue weighted by Gasteiger charge is 2.13. The molecule has 2 rings (SSSR count). The van der Waals surface area contributed by atoms with E-state index < -0.39 is 11.7 Å². The molecule has 0 aliphatic carbocycles. The van der Waals surface area contributed by atoms with E-state index in [1.54, 1.807) is 20.1 Å². The maximum absolute atomic E-state index is 13.7. The highest BCUT2D eigenvalue weighted by atomic mass is 19.1. The summed E-state index contributed by atoms with van der Waals surface area (Å²) >= 11 is 0. The minimum atomic E-state index is -0.575. The van der Waals surface area contributed by atoms with Gasteiger partial charge in [0.05, 0.1) is 31.5 Å². The average molecular weight is 372 g/mol. The third-order valence-electron chi connectivity index (χ3n) is 4.58. The fraction of sp³-hybridized carbons (Fsp3) is 0.333. The van der Waals surface area contributed by atoms with Crippen molar-refractivity contribution in [2.75, 3.05) is 20.2 Å². The molecule has 0 saturated heterocycles. The molecule has 0 radical (unpaired) electrons. The predicted molar refractivity (Wildman–Crippen MR) is 105 cm³/mol. The number of nitrogens with one attached hydrogen (secondary N) is 2. The highest BCUT2D eigenvalue weighted by molar-refractivity contribution is 6.01. The van der Waals surface area contributed by atoms with Crippen LogP contribution in [0.1, 0.15) is 42.3 Å². The molecule has 2 aromatic carbocycles. The lowest BCUT2D eigenvalue weighted by Crippen LogP contribution is -3.10. The van der Waals surface area contributed by atoms with Gasteiger partial charge in [-0.05, 0) is 56.7 Å². The minimum Gasteiger partial charge on any atom is -0.496 e. The molecule has 0 aliphatic heterocycles. The summed E-state index contributed by atoms with van der Waals surface area (Å²) in [5.74, 6) is -0.313. The van der Waals surface area contributed by atoms with Gasteiger partial charge in [-0.1, -0.05) is 12.1 Å². The Morgan fingerprint density at radius 1 is 1.19 bits per heavy atom. The molecule has 0 fully saturated rings. The number of amides is 1. The van der Waals surface area contributed by atoms with Crippen LogP contribution in [0.25, 0.3) is 0 Å². The zero-order valence-electron chi connectivity index (χ0n) is 16.3. The smallest absolute Gasteiger partial charge is 0.274 e. The second-order valence-corrected chi connectivity index (χ2v) is 6.28. The summed E-state index contributed by atoms with van der Waals surface area (Å²) < 4.78 is 19.2. The van der Waals surface area contributed by atoms with Crippen LogP contribution in [0.15, 0.2) is 47.6 Å². The first kappa shape index (κ1) is 20.6. The van der Waals surface area contributed by atoms with Crippen LogP contribution in [-0.2, 0) is 6.54 Å². The van der Waals surface area contributed by atoms with Gasteiger partial charge in [0.25, 0.3) is 5.91 Å². The molecule has 0 atom stereocenters. The van der Waals surface area contributed by atoms with E-state index in [-0.39, 0.29) is 5.56 Å². The Hall–Kier alpha value is -2.73. The molecule has 6 heteroatoms. The number of ether oxygens (including phenoxy) is 1. The number of nitrogens with zero attached hydrogens (tertiary/aromatic N) is 1. The molecule has 2 N–H and O–H groups in total. The third-order valence-corrected chi connectivity index (χ3v) is 4.58. The Bertz CT molecular complexity index is 817. The Kier molecular flexibility index (Phi) is 7.49. The second-order valence-electron chi connectivity index (χ2n) is 6.28. The maximum atomic E-state index is 13.7. The van der Waals surface area contributed by atoms with E-state index in [0.717, 1.165) is 36.5 Å². The van der Waals surface area contributed by atoms with Crippen molar-refractivity contribution in [2.24, 2.45) is 5.10 Å². The van der Waals surface area contributed by atoms with Crippen LogP contribution in [0, 0.1) is 5.82 Å². The quantitative estimate of drug-likeness (QED) is 0.552. The number of quaternary nitrogens is 1. The fourth-order valence-corrected chi connectivity index (χ4v) is 2.82. The Balaban J connectivity index is 2.19. The van der Waals surface area contributed by atoms with Gasteiger partial charge in [-0.15, -0.1) is 0 Å². The van der Waals surface area contributed by atoms with Gasteiger partial charge in [-0.3, -0.25) is 4.79 Å². The van der Waals surface area contributed by atoms with Gasteiger partial charge in [0.15, 0.2) is 0 Å². The van der Waals surface area contributed by atoms with Gasteiger partial charge < -0.3 is 9.64 Å². The summed E-state index contributed by atoms with van der Waals surface area (Å²) in [6, 6.07) is 11.7. The number of rotatable bonds is 8. The Labute approximate surface area is 159 Å². The van der Waals surface area contributed by atoms with Gasteiger partial charge in [0, 0.05) is 5.56 Å². The molecule has 27 heavy (non-hydrogen) atoms. The summed E-state index contributed by atoms with van der Waals surface area (Å²) in [7, 11) is 1.66. The van der Waals surface area contributed by atoms with E-state index in [1.807, 2.05) is 18.2 Å². The molecule has 0 heterocycles. The van der Waals surface area contributed by atoms with Crippen LogP contribution >= 0.6 is 0 Å². The van der Waals surface area contributed by atoms with Crippen molar-refractivity contribution in [3.8, 4) is 5.75 Å². The summed E-state index contributed by atoms with van der Waals surface area (Å²) in [5.41, 5.74) is 4.99. The lowest BCUT2D eigenvalue weighted by atomic mass is 10.1. The number of benzene rings is 2. The lowest BCUT2D eigenvalue weighted by Gasteiger charge is -2.18. The van der Waals surface area contributed by atoms with Crippen molar-refractivity contribution in [3.05, 3.63) is 65.0 Å². The van der Waals surface area contributed by atoms with Crippen LogP contribution in [0.3, 0.4) is 0 Å². The molecule has 0 saturated carbocycles. The molecule has 2 aromatic rings. The highest BCUT2D eigenvalue weighted by Crippen LogP contribution is 2.19. The first-order chi connectivity index (χ1) is 13.0. The van der Waals surface area contributed by atoms with E-state index in [1.165, 1.54) is 23.1 Å². The number of carbonyl (C=O) groups is 1. The molecule has 0 aliphatic rings. The van der Waals surface area contributed by atoms with Crippen molar-refractivity contribution in [1.29, 1.82) is 0 Å². The first-order valence-electron chi connectivity index (χ1n) is 9.10. The number of hydrogen-bond donors (Lipinski definition) is 2. The van der Waals surface area contributed by atoms with Crippen molar-refractivity contribution >= 4 is 11.6 Å². The third kappa shape index (κ3) is 5.37. The largest absolute Gasteiger partial charge is 0.496 e. The maximum Gasteiger partial charge on any atom is 0.274 e. The molecule has 0 spiro atoms. The van der Waals surface area contributed by atoms with E-state index in [0.29, 0.717) is 5.71 Å². The van der Waals surface area contributed by atoms with E-state index in [2.05, 4.69) is 24.4 Å². The Morgan fingerprint density at radius 2 is 1.89 bits per heavy atom. The number of carbonyl (C=O) groups excluding carboxylic acids is 1. The first-order valence-corrected chi connectivity index (χ1v) is 9.10. The van der Waals surface area contributed by atoms with Gasteiger partial charge in [-0.2, -0.15) is 5.10 Å². The van der Waals surface area contributed by atoms with Crippen LogP contribution < -0.4 is 15.1 Å². The van der Waals surface area contributed by atoms with Crippen LogP contribution in [0.2, 0.25) is 0 Å². The van der Waals surface area contributed by atoms with Crippen molar-refractivity contribution in [1.82, 2.24) is 5.43 Å². The molecule has 5 nitrogen and oxygen atoms in total. The SMILES string of the molecule is CC[NH+](CC)Cc1cc(/C(C)=N\NC(=O)c2ccccc2F)ccc1OC. The molecule has 144 valence electrons. The standard InChI is InChI=1S/C21H26FN3O2/c1-5-25(6-2)14-17-13-16(11-12-20(17)27-4)15(3)23-24-21(26)18-9-7-8-10-19(18)22/h7-13H,5-6,14H2,1-4H3,(H,24,26)/p+1/b23-15-. The molecular weight excluding hydrogens is 345 g/mol. The van der Waals surface area contributed by atoms with Crippen molar-refractivity contribution in [3.63, 3.8) is 0 Å². The number of halogens is 1. The monoisotopic (exact) mass is 372 g/mol. The predicted octanol–water partition coefficient (Wildman–Crippen LogP) is 2.41. The van der Waals surface area contributed by atoms with Crippen molar-refractivity contribution < 1.29 is 18.8 Å². The Morgan fingerprint density at radius 3 is 2.52 bits per heavy atom. The van der Waals surface area contributed by atoms with Gasteiger partial charge in [0.2, 0.25) is 0 Å². The molecule has 1 amide bonds. The summed E-state index contributed by atoms with van der Waals surface area (Å²) in [6.07, 6.45) is 0. The van der Waals surface area contributed by atoms with Gasteiger partial charge in [0.1, 0.15) is 18.1 Å². The molecular formula is C21H27FN3O2+. The molecule has 0 aromatic heterocycles. The topological polar surface area (TPSA) is 55.1 Å². The number of hydrazone groups is 1. The molecule has 0 unspecified atom stereocenters. The summed E-state index contributed by atoms with van der Waals surface area (Å²) in [4.78, 5) is 13.5. The fourth-order valence-electron chi connectivity index (χ4n) is 2.82. The number of hydrogen-bond acceptors (Lipinski definition) is 3. The zero-order valence-corrected chi connectivity index (χ0v) is 16.3. The zero-order chi connectivity index (χ0) is 19.8. The van der Waals surface area contributed by atoms with Crippen LogP contribution in [0.4, 0.5) is 4.39 Å². The van der Waals surface area contributed by atoms with Gasteiger partial charge >= 0.3 is 0 Å². The molecule has 0 bridgehead atoms. The van der Waals surface area contributed by atoms with Crippen LogP contribution in [-0.4, -0.2) is 31.8 Å². The minimum absolute atomic E-state index is 0.0328. The van der Waals surface area contributed by atoms with Gasteiger partial charge in [-0.25, -0.2) is 9.82 Å². The second kappa shape index (κ2) is 9.83. The van der Waals surface area contributed by atoms with Crippen molar-refractivity contribution in [2.45, 2.75) is 27.3 Å². The normalized spacial score (nSPS) is 11.6. The summed E-state index contributed by atoms with van der Waals surface area (Å²) in [5, 5.41) is 4.13. The van der Waals surface area contributed by atoms with E-state index in [9.17, 15) is 9.18 Å².